The van der Waals surface area contributed by atoms with Crippen LogP contribution in [-0.4, -0.2) is 27.1 Å². The van der Waals surface area contributed by atoms with Crippen molar-refractivity contribution >= 4 is 23.0 Å². The Bertz CT molecular complexity index is 822. The van der Waals surface area contributed by atoms with Gasteiger partial charge < -0.3 is 20.3 Å². The van der Waals surface area contributed by atoms with Crippen LogP contribution in [0.25, 0.3) is 0 Å². The highest BCUT2D eigenvalue weighted by Crippen LogP contribution is 2.23. The molecule has 0 spiro atoms. The molecule has 0 fully saturated rings. The lowest BCUT2D eigenvalue weighted by Gasteiger charge is -2.13. The molecule has 0 aliphatic rings. The van der Waals surface area contributed by atoms with Crippen LogP contribution in [0.15, 0.2) is 60.3 Å². The zero-order chi connectivity index (χ0) is 18.2. The number of hydrogen-bond donors (Lipinski definition) is 2. The highest BCUT2D eigenvalue weighted by atomic mass is 16.5. The van der Waals surface area contributed by atoms with Gasteiger partial charge in [0.25, 0.3) is 5.91 Å². The fraction of sp³-hybridized carbons (Fsp3) is 0.158. The van der Waals surface area contributed by atoms with Gasteiger partial charge in [-0.15, -0.1) is 0 Å². The van der Waals surface area contributed by atoms with E-state index >= 15 is 0 Å². The Kier molecular flexibility index (Phi) is 6.02. The maximum atomic E-state index is 12.3. The van der Waals surface area contributed by atoms with Crippen LogP contribution in [0.5, 0.6) is 5.75 Å². The lowest BCUT2D eigenvalue weighted by atomic mass is 10.2. The van der Waals surface area contributed by atoms with Gasteiger partial charge in [0.05, 0.1) is 12.8 Å². The van der Waals surface area contributed by atoms with Crippen molar-refractivity contribution in [1.29, 1.82) is 5.26 Å². The van der Waals surface area contributed by atoms with Gasteiger partial charge in [-0.25, -0.2) is 0 Å². The van der Waals surface area contributed by atoms with E-state index in [2.05, 4.69) is 10.6 Å². The van der Waals surface area contributed by atoms with Crippen molar-refractivity contribution < 1.29 is 9.53 Å². The third kappa shape index (κ3) is 4.75. The molecule has 2 aromatic rings. The van der Waals surface area contributed by atoms with E-state index in [1.54, 1.807) is 24.3 Å². The normalized spacial score (nSPS) is 10.6. The quantitative estimate of drug-likeness (QED) is 0.625. The summed E-state index contributed by atoms with van der Waals surface area (Å²) in [5.41, 5.74) is 2.26. The molecule has 0 atom stereocenters. The van der Waals surface area contributed by atoms with E-state index in [1.807, 2.05) is 49.3 Å². The standard InChI is InChI=1S/C19H20N4O2/c1-23(2)16-8-6-7-15(11-16)21-13-14(12-20)19(24)22-17-9-4-5-10-18(17)25-3/h4-11,13,21H,1-3H3,(H,22,24)/b14-13-. The number of anilines is 3. The fourth-order valence-corrected chi connectivity index (χ4v) is 2.12. The molecular weight excluding hydrogens is 316 g/mol. The predicted molar refractivity (Wildman–Crippen MR) is 99.7 cm³/mol. The number of methoxy groups -OCH3 is 1. The fourth-order valence-electron chi connectivity index (χ4n) is 2.12. The molecule has 0 aromatic heterocycles. The van der Waals surface area contributed by atoms with Gasteiger partial charge in [0.1, 0.15) is 17.4 Å². The summed E-state index contributed by atoms with van der Waals surface area (Å²) >= 11 is 0. The number of ether oxygens (including phenoxy) is 1. The van der Waals surface area contributed by atoms with E-state index < -0.39 is 5.91 Å². The minimum Gasteiger partial charge on any atom is -0.495 e. The molecule has 0 saturated carbocycles. The average molecular weight is 336 g/mol. The lowest BCUT2D eigenvalue weighted by molar-refractivity contribution is -0.112. The van der Waals surface area contributed by atoms with Crippen LogP contribution in [0, 0.1) is 11.3 Å². The first kappa shape index (κ1) is 17.9. The summed E-state index contributed by atoms with van der Waals surface area (Å²) in [6.45, 7) is 0. The Morgan fingerprint density at radius 2 is 1.96 bits per heavy atom. The Morgan fingerprint density at radius 3 is 2.64 bits per heavy atom. The first-order chi connectivity index (χ1) is 12.0. The molecule has 6 heteroatoms. The van der Waals surface area contributed by atoms with Crippen molar-refractivity contribution in [3.63, 3.8) is 0 Å². The third-order valence-corrected chi connectivity index (χ3v) is 3.47. The van der Waals surface area contributed by atoms with Crippen LogP contribution in [-0.2, 0) is 4.79 Å². The molecule has 0 aliphatic carbocycles. The second-order valence-corrected chi connectivity index (χ2v) is 5.41. The molecule has 2 aromatic carbocycles. The number of nitriles is 1. The molecule has 0 radical (unpaired) electrons. The summed E-state index contributed by atoms with van der Waals surface area (Å²) in [6.07, 6.45) is 1.39. The summed E-state index contributed by atoms with van der Waals surface area (Å²) in [7, 11) is 5.40. The molecule has 2 N–H and O–H groups in total. The first-order valence-corrected chi connectivity index (χ1v) is 7.63. The number of rotatable bonds is 6. The van der Waals surface area contributed by atoms with Gasteiger partial charge in [0, 0.05) is 31.7 Å². The van der Waals surface area contributed by atoms with Gasteiger partial charge in [-0.3, -0.25) is 4.79 Å². The van der Waals surface area contributed by atoms with E-state index in [1.165, 1.54) is 13.3 Å². The van der Waals surface area contributed by atoms with Crippen LogP contribution in [0.2, 0.25) is 0 Å². The molecule has 0 heterocycles. The number of amides is 1. The van der Waals surface area contributed by atoms with Crippen LogP contribution in [0.1, 0.15) is 0 Å². The summed E-state index contributed by atoms with van der Waals surface area (Å²) in [5.74, 6) is 0.0167. The van der Waals surface area contributed by atoms with Crippen LogP contribution >= 0.6 is 0 Å². The van der Waals surface area contributed by atoms with Crippen molar-refractivity contribution in [2.24, 2.45) is 0 Å². The molecule has 0 bridgehead atoms. The lowest BCUT2D eigenvalue weighted by Crippen LogP contribution is -2.15. The highest BCUT2D eigenvalue weighted by molar-refractivity contribution is 6.07. The maximum absolute atomic E-state index is 12.3. The number of carbonyl (C=O) groups is 1. The van der Waals surface area contributed by atoms with Gasteiger partial charge in [0.2, 0.25) is 0 Å². The molecule has 1 amide bonds. The minimum absolute atomic E-state index is 0.0406. The highest BCUT2D eigenvalue weighted by Gasteiger charge is 2.11. The van der Waals surface area contributed by atoms with Crippen molar-refractivity contribution in [2.75, 3.05) is 36.7 Å². The van der Waals surface area contributed by atoms with Gasteiger partial charge >= 0.3 is 0 Å². The van der Waals surface area contributed by atoms with Gasteiger partial charge in [-0.05, 0) is 30.3 Å². The average Bonchev–Trinajstić information content (AvgIpc) is 2.63. The monoisotopic (exact) mass is 336 g/mol. The van der Waals surface area contributed by atoms with E-state index in [4.69, 9.17) is 4.74 Å². The number of benzene rings is 2. The Labute approximate surface area is 147 Å². The SMILES string of the molecule is COc1ccccc1NC(=O)/C(C#N)=C\Nc1cccc(N(C)C)c1. The minimum atomic E-state index is -0.511. The van der Waals surface area contributed by atoms with Crippen LogP contribution in [0.4, 0.5) is 17.1 Å². The van der Waals surface area contributed by atoms with Crippen molar-refractivity contribution in [3.8, 4) is 11.8 Å². The van der Waals surface area contributed by atoms with E-state index in [-0.39, 0.29) is 5.57 Å². The molecule has 2 rings (SSSR count). The zero-order valence-corrected chi connectivity index (χ0v) is 14.4. The van der Waals surface area contributed by atoms with Gasteiger partial charge in [0.15, 0.2) is 0 Å². The molecule has 0 unspecified atom stereocenters. The molecule has 6 nitrogen and oxygen atoms in total. The van der Waals surface area contributed by atoms with Gasteiger partial charge in [-0.1, -0.05) is 18.2 Å². The molecule has 25 heavy (non-hydrogen) atoms. The third-order valence-electron chi connectivity index (χ3n) is 3.47. The largest absolute Gasteiger partial charge is 0.495 e. The molecular formula is C19H20N4O2. The van der Waals surface area contributed by atoms with Crippen molar-refractivity contribution in [3.05, 3.63) is 60.3 Å². The second kappa shape index (κ2) is 8.41. The van der Waals surface area contributed by atoms with Crippen molar-refractivity contribution in [1.82, 2.24) is 0 Å². The Balaban J connectivity index is 2.13. The Morgan fingerprint density at radius 1 is 1.20 bits per heavy atom. The summed E-state index contributed by atoms with van der Waals surface area (Å²) in [4.78, 5) is 14.3. The first-order valence-electron chi connectivity index (χ1n) is 7.63. The predicted octanol–water partition coefficient (Wildman–Crippen LogP) is 3.22. The number of carbonyl (C=O) groups excluding carboxylic acids is 1. The topological polar surface area (TPSA) is 77.4 Å². The smallest absolute Gasteiger partial charge is 0.267 e. The zero-order valence-electron chi connectivity index (χ0n) is 14.4. The maximum Gasteiger partial charge on any atom is 0.267 e. The van der Waals surface area contributed by atoms with E-state index in [0.717, 1.165) is 11.4 Å². The molecule has 0 aliphatic heterocycles. The number of hydrogen-bond acceptors (Lipinski definition) is 5. The van der Waals surface area contributed by atoms with E-state index in [9.17, 15) is 10.1 Å². The summed E-state index contributed by atoms with van der Waals surface area (Å²) in [5, 5.41) is 14.9. The molecule has 128 valence electrons. The van der Waals surface area contributed by atoms with Crippen LogP contribution in [0.3, 0.4) is 0 Å². The van der Waals surface area contributed by atoms with Crippen molar-refractivity contribution in [2.45, 2.75) is 0 Å². The Hall–Kier alpha value is -3.46. The number of nitrogens with one attached hydrogen (secondary N) is 2. The van der Waals surface area contributed by atoms with E-state index in [0.29, 0.717) is 11.4 Å². The molecule has 0 saturated heterocycles. The van der Waals surface area contributed by atoms with Crippen LogP contribution < -0.4 is 20.3 Å². The second-order valence-electron chi connectivity index (χ2n) is 5.41. The van der Waals surface area contributed by atoms with Gasteiger partial charge in [-0.2, -0.15) is 5.26 Å². The number of nitrogens with zero attached hydrogens (tertiary/aromatic N) is 2. The number of para-hydroxylation sites is 2. The summed E-state index contributed by atoms with van der Waals surface area (Å²) < 4.78 is 5.19. The summed E-state index contributed by atoms with van der Waals surface area (Å²) in [6, 6.07) is 16.6.